The molecule has 1 aromatic heterocycles. The fraction of sp³-hybridized carbons (Fsp3) is 0.294. The van der Waals surface area contributed by atoms with E-state index < -0.39 is 10.0 Å². The molecule has 10 heteroatoms. The second kappa shape index (κ2) is 9.89. The number of likely N-dealkylation sites (tertiary alicyclic amines) is 1. The van der Waals surface area contributed by atoms with Crippen molar-refractivity contribution >= 4 is 46.4 Å². The van der Waals surface area contributed by atoms with Crippen LogP contribution >= 0.6 is 24.8 Å². The Morgan fingerprint density at radius 3 is 2.33 bits per heavy atom. The number of sulfonamides is 1. The van der Waals surface area contributed by atoms with Crippen molar-refractivity contribution in [2.75, 3.05) is 17.8 Å². The molecule has 1 aromatic carbocycles. The van der Waals surface area contributed by atoms with Gasteiger partial charge in [-0.25, -0.2) is 8.42 Å². The summed E-state index contributed by atoms with van der Waals surface area (Å²) in [5, 5.41) is 0. The minimum absolute atomic E-state index is 0. The van der Waals surface area contributed by atoms with Crippen LogP contribution in [0.5, 0.6) is 0 Å². The molecule has 1 saturated heterocycles. The molecule has 3 N–H and O–H groups in total. The van der Waals surface area contributed by atoms with Crippen LogP contribution in [0.4, 0.5) is 5.69 Å². The number of rotatable bonds is 4. The van der Waals surface area contributed by atoms with Crippen molar-refractivity contribution in [1.29, 1.82) is 0 Å². The Balaban J connectivity index is 0.00000182. The molecule has 0 spiro atoms. The molecule has 2 heterocycles. The summed E-state index contributed by atoms with van der Waals surface area (Å²) < 4.78 is 27.2. The average Bonchev–Trinajstić information content (AvgIpc) is 2.62. The highest BCUT2D eigenvalue weighted by Crippen LogP contribution is 2.18. The molecule has 1 amide bonds. The van der Waals surface area contributed by atoms with Crippen LogP contribution in [0.15, 0.2) is 53.7 Å². The van der Waals surface area contributed by atoms with Gasteiger partial charge < -0.3 is 10.6 Å². The zero-order chi connectivity index (χ0) is 17.9. The Hall–Kier alpha value is -1.87. The topological polar surface area (TPSA) is 105 Å². The molecule has 7 nitrogen and oxygen atoms in total. The molecule has 2 aromatic rings. The standard InChI is InChI=1S/C17H20N4O3S.2ClH/c18-14-2-1-11-21(12-14)17(22)13-3-5-16(6-4-13)25(23,24)20-15-7-9-19-10-8-15;;/h3-10,14H,1-2,11-12,18H2,(H,19,20);2*1H. The van der Waals surface area contributed by atoms with E-state index in [1.54, 1.807) is 17.0 Å². The Labute approximate surface area is 171 Å². The number of pyridine rings is 1. The van der Waals surface area contributed by atoms with Gasteiger partial charge in [0, 0.05) is 37.1 Å². The van der Waals surface area contributed by atoms with Gasteiger partial charge in [0.2, 0.25) is 0 Å². The van der Waals surface area contributed by atoms with Crippen molar-refractivity contribution in [3.63, 3.8) is 0 Å². The van der Waals surface area contributed by atoms with E-state index in [1.807, 2.05) is 0 Å². The summed E-state index contributed by atoms with van der Waals surface area (Å²) in [4.78, 5) is 18.1. The number of piperidine rings is 1. The molecule has 3 rings (SSSR count). The molecule has 148 valence electrons. The number of amides is 1. The van der Waals surface area contributed by atoms with Crippen LogP contribution in [0.3, 0.4) is 0 Å². The lowest BCUT2D eigenvalue weighted by atomic mass is 10.1. The van der Waals surface area contributed by atoms with Crippen LogP contribution in [0.25, 0.3) is 0 Å². The monoisotopic (exact) mass is 432 g/mol. The third-order valence-electron chi connectivity index (χ3n) is 4.09. The van der Waals surface area contributed by atoms with Gasteiger partial charge in [0.25, 0.3) is 15.9 Å². The summed E-state index contributed by atoms with van der Waals surface area (Å²) in [6.45, 7) is 1.21. The second-order valence-electron chi connectivity index (χ2n) is 6.02. The van der Waals surface area contributed by atoms with E-state index in [1.165, 1.54) is 36.7 Å². The molecular weight excluding hydrogens is 411 g/mol. The number of hydrogen-bond acceptors (Lipinski definition) is 5. The molecule has 0 saturated carbocycles. The van der Waals surface area contributed by atoms with Gasteiger partial charge in [-0.05, 0) is 49.2 Å². The number of nitrogens with two attached hydrogens (primary N) is 1. The van der Waals surface area contributed by atoms with Crippen molar-refractivity contribution in [3.8, 4) is 0 Å². The molecule has 1 aliphatic heterocycles. The zero-order valence-corrected chi connectivity index (χ0v) is 16.9. The third-order valence-corrected chi connectivity index (χ3v) is 5.49. The summed E-state index contributed by atoms with van der Waals surface area (Å²) in [5.74, 6) is -0.124. The largest absolute Gasteiger partial charge is 0.337 e. The van der Waals surface area contributed by atoms with Crippen LogP contribution in [0.2, 0.25) is 0 Å². The quantitative estimate of drug-likeness (QED) is 0.770. The SMILES string of the molecule is Cl.Cl.NC1CCCN(C(=O)c2ccc(S(=O)(=O)Nc3ccncc3)cc2)C1. The predicted molar refractivity (Wildman–Crippen MR) is 109 cm³/mol. The van der Waals surface area contributed by atoms with E-state index in [0.717, 1.165) is 12.8 Å². The Bertz CT molecular complexity index is 848. The number of carbonyl (C=O) groups excluding carboxylic acids is 1. The van der Waals surface area contributed by atoms with Crippen LogP contribution in [0, 0.1) is 0 Å². The highest BCUT2D eigenvalue weighted by molar-refractivity contribution is 7.92. The zero-order valence-electron chi connectivity index (χ0n) is 14.4. The number of nitrogens with zero attached hydrogens (tertiary/aromatic N) is 2. The van der Waals surface area contributed by atoms with Gasteiger partial charge in [-0.1, -0.05) is 0 Å². The summed E-state index contributed by atoms with van der Waals surface area (Å²) in [6.07, 6.45) is 4.81. The first-order valence-electron chi connectivity index (χ1n) is 8.03. The number of halogens is 2. The van der Waals surface area contributed by atoms with Crippen molar-refractivity contribution in [1.82, 2.24) is 9.88 Å². The van der Waals surface area contributed by atoms with Gasteiger partial charge in [-0.15, -0.1) is 24.8 Å². The van der Waals surface area contributed by atoms with Crippen LogP contribution in [0.1, 0.15) is 23.2 Å². The molecule has 1 aliphatic rings. The molecule has 0 radical (unpaired) electrons. The molecule has 0 aliphatic carbocycles. The van der Waals surface area contributed by atoms with Gasteiger partial charge in [-0.3, -0.25) is 14.5 Å². The van der Waals surface area contributed by atoms with Crippen LogP contribution in [-0.4, -0.2) is 43.3 Å². The maximum absolute atomic E-state index is 12.5. The number of benzene rings is 1. The lowest BCUT2D eigenvalue weighted by Crippen LogP contribution is -2.45. The number of anilines is 1. The Morgan fingerprint density at radius 1 is 1.11 bits per heavy atom. The summed E-state index contributed by atoms with van der Waals surface area (Å²) in [5.41, 5.74) is 6.79. The normalized spacial score (nSPS) is 16.6. The maximum atomic E-state index is 12.5. The minimum Gasteiger partial charge on any atom is -0.337 e. The van der Waals surface area contributed by atoms with Crippen molar-refractivity contribution < 1.29 is 13.2 Å². The van der Waals surface area contributed by atoms with Gasteiger partial charge in [0.05, 0.1) is 10.6 Å². The number of carbonyl (C=O) groups is 1. The third kappa shape index (κ3) is 5.80. The average molecular weight is 433 g/mol. The van der Waals surface area contributed by atoms with Gasteiger partial charge in [-0.2, -0.15) is 0 Å². The summed E-state index contributed by atoms with van der Waals surface area (Å²) in [6, 6.07) is 9.06. The van der Waals surface area contributed by atoms with Crippen molar-refractivity contribution in [2.45, 2.75) is 23.8 Å². The first kappa shape index (κ1) is 23.2. The van der Waals surface area contributed by atoms with Gasteiger partial charge in [0.15, 0.2) is 0 Å². The number of nitrogens with one attached hydrogen (secondary N) is 1. The van der Waals surface area contributed by atoms with E-state index in [-0.39, 0.29) is 41.7 Å². The summed E-state index contributed by atoms with van der Waals surface area (Å²) in [7, 11) is -3.71. The molecule has 0 bridgehead atoms. The van der Waals surface area contributed by atoms with E-state index >= 15 is 0 Å². The minimum atomic E-state index is -3.71. The maximum Gasteiger partial charge on any atom is 0.261 e. The van der Waals surface area contributed by atoms with Crippen molar-refractivity contribution in [2.24, 2.45) is 5.73 Å². The first-order chi connectivity index (χ1) is 12.0. The van der Waals surface area contributed by atoms with E-state index in [0.29, 0.717) is 24.3 Å². The van der Waals surface area contributed by atoms with E-state index in [9.17, 15) is 13.2 Å². The predicted octanol–water partition coefficient (Wildman–Crippen LogP) is 2.29. The van der Waals surface area contributed by atoms with Crippen molar-refractivity contribution in [3.05, 3.63) is 54.4 Å². The van der Waals surface area contributed by atoms with Crippen LogP contribution in [-0.2, 0) is 10.0 Å². The second-order valence-corrected chi connectivity index (χ2v) is 7.70. The summed E-state index contributed by atoms with van der Waals surface area (Å²) >= 11 is 0. The molecule has 1 fully saturated rings. The Kier molecular flexibility index (Phi) is 8.49. The van der Waals surface area contributed by atoms with Gasteiger partial charge in [0.1, 0.15) is 0 Å². The smallest absolute Gasteiger partial charge is 0.261 e. The fourth-order valence-electron chi connectivity index (χ4n) is 2.79. The lowest BCUT2D eigenvalue weighted by molar-refractivity contribution is 0.0708. The molecular formula is C17H22Cl2N4O3S. The number of hydrogen-bond donors (Lipinski definition) is 2. The van der Waals surface area contributed by atoms with E-state index in [4.69, 9.17) is 5.73 Å². The fourth-order valence-corrected chi connectivity index (χ4v) is 3.85. The lowest BCUT2D eigenvalue weighted by Gasteiger charge is -2.30. The first-order valence-corrected chi connectivity index (χ1v) is 9.52. The molecule has 1 unspecified atom stereocenters. The highest BCUT2D eigenvalue weighted by atomic mass is 35.5. The van der Waals surface area contributed by atoms with E-state index in [2.05, 4.69) is 9.71 Å². The van der Waals surface area contributed by atoms with Crippen LogP contribution < -0.4 is 10.5 Å². The Morgan fingerprint density at radius 2 is 1.74 bits per heavy atom. The van der Waals surface area contributed by atoms with Gasteiger partial charge >= 0.3 is 0 Å². The molecule has 1 atom stereocenters. The number of aromatic nitrogens is 1. The molecule has 27 heavy (non-hydrogen) atoms. The highest BCUT2D eigenvalue weighted by Gasteiger charge is 2.23.